The van der Waals surface area contributed by atoms with Gasteiger partial charge in [-0.05, 0) is 30.2 Å². The molecule has 2 rings (SSSR count). The fourth-order valence-electron chi connectivity index (χ4n) is 1.94. The third kappa shape index (κ3) is 5.70. The monoisotopic (exact) mass is 347 g/mol. The van der Waals surface area contributed by atoms with E-state index in [1.807, 2.05) is 31.2 Å². The van der Waals surface area contributed by atoms with Crippen LogP contribution in [0, 0.1) is 12.7 Å². The Balaban J connectivity index is 1.69. The lowest BCUT2D eigenvalue weighted by atomic mass is 10.1. The summed E-state index contributed by atoms with van der Waals surface area (Å²) in [5, 5.41) is 2.70. The molecule has 0 aliphatic heterocycles. The van der Waals surface area contributed by atoms with Crippen molar-refractivity contribution >= 4 is 23.6 Å². The molecule has 0 saturated carbocycles. The normalized spacial score (nSPS) is 10.2. The third-order valence-corrected chi connectivity index (χ3v) is 4.31. The van der Waals surface area contributed by atoms with Crippen molar-refractivity contribution in [3.63, 3.8) is 0 Å². The molecule has 0 bridgehead atoms. The maximum atomic E-state index is 13.4. The Morgan fingerprint density at radius 3 is 2.58 bits per heavy atom. The zero-order valence-electron chi connectivity index (χ0n) is 13.3. The van der Waals surface area contributed by atoms with E-state index in [9.17, 15) is 14.0 Å². The summed E-state index contributed by atoms with van der Waals surface area (Å²) in [6, 6.07) is 13.9. The lowest BCUT2D eigenvalue weighted by Gasteiger charge is -2.08. The van der Waals surface area contributed by atoms with Crippen LogP contribution in [-0.4, -0.2) is 24.2 Å². The van der Waals surface area contributed by atoms with Crippen LogP contribution in [0.25, 0.3) is 0 Å². The largest absolute Gasteiger partial charge is 0.455 e. The average Bonchev–Trinajstić information content (AvgIpc) is 2.58. The second kappa shape index (κ2) is 9.08. The molecule has 0 unspecified atom stereocenters. The highest BCUT2D eigenvalue weighted by molar-refractivity contribution is 8.00. The average molecular weight is 347 g/mol. The fraction of sp³-hybridized carbons (Fsp3) is 0.222. The van der Waals surface area contributed by atoms with E-state index >= 15 is 0 Å². The number of thioether (sulfide) groups is 1. The number of benzene rings is 2. The van der Waals surface area contributed by atoms with Crippen molar-refractivity contribution in [2.75, 3.05) is 12.4 Å². The Morgan fingerprint density at radius 2 is 1.83 bits per heavy atom. The molecule has 6 heteroatoms. The minimum atomic E-state index is -0.561. The summed E-state index contributed by atoms with van der Waals surface area (Å²) < 4.78 is 18.3. The van der Waals surface area contributed by atoms with E-state index in [1.165, 1.54) is 6.07 Å². The van der Waals surface area contributed by atoms with Gasteiger partial charge in [-0.1, -0.05) is 36.4 Å². The van der Waals surface area contributed by atoms with E-state index in [2.05, 4.69) is 5.32 Å². The van der Waals surface area contributed by atoms with Crippen molar-refractivity contribution in [1.82, 2.24) is 5.32 Å². The van der Waals surface area contributed by atoms with Crippen LogP contribution in [0.15, 0.2) is 53.4 Å². The summed E-state index contributed by atoms with van der Waals surface area (Å²) in [4.78, 5) is 23.7. The van der Waals surface area contributed by atoms with E-state index in [0.717, 1.165) is 22.9 Å². The summed E-state index contributed by atoms with van der Waals surface area (Å²) in [7, 11) is 0. The number of aryl methyl sites for hydroxylation is 1. The molecule has 0 atom stereocenters. The van der Waals surface area contributed by atoms with Gasteiger partial charge in [0.25, 0.3) is 5.91 Å². The first-order valence-corrected chi connectivity index (χ1v) is 8.39. The highest BCUT2D eigenvalue weighted by atomic mass is 32.2. The van der Waals surface area contributed by atoms with Crippen LogP contribution in [0.3, 0.4) is 0 Å². The summed E-state index contributed by atoms with van der Waals surface area (Å²) in [5.41, 5.74) is 2.09. The number of nitrogens with one attached hydrogen (secondary N) is 1. The van der Waals surface area contributed by atoms with E-state index < -0.39 is 5.97 Å². The van der Waals surface area contributed by atoms with Gasteiger partial charge in [-0.2, -0.15) is 0 Å². The number of carbonyl (C=O) groups is 2. The number of hydrogen-bond acceptors (Lipinski definition) is 4. The minimum absolute atomic E-state index is 0.0496. The zero-order valence-corrected chi connectivity index (χ0v) is 14.1. The second-order valence-electron chi connectivity index (χ2n) is 5.08. The molecule has 0 radical (unpaired) electrons. The highest BCUT2D eigenvalue weighted by Gasteiger charge is 2.10. The van der Waals surface area contributed by atoms with Crippen LogP contribution >= 0.6 is 11.8 Å². The molecular formula is C18H18FNO3S. The van der Waals surface area contributed by atoms with Crippen molar-refractivity contribution in [3.8, 4) is 0 Å². The van der Waals surface area contributed by atoms with E-state index in [1.54, 1.807) is 18.2 Å². The molecule has 126 valence electrons. The van der Waals surface area contributed by atoms with Crippen LogP contribution in [0.4, 0.5) is 4.39 Å². The first-order valence-electron chi connectivity index (χ1n) is 7.40. The van der Waals surface area contributed by atoms with Crippen molar-refractivity contribution in [1.29, 1.82) is 0 Å². The number of rotatable bonds is 7. The molecular weight excluding hydrogens is 329 g/mol. The maximum Gasteiger partial charge on any atom is 0.316 e. The standard InChI is InChI=1S/C18H18FNO3S/c1-13-6-2-3-7-14(13)10-20-17(21)11-23-18(22)12-24-16-9-5-4-8-15(16)19/h2-9H,10-12H2,1H3,(H,20,21). The predicted octanol–water partition coefficient (Wildman–Crippen LogP) is 3.09. The molecule has 0 aliphatic rings. The molecule has 0 fully saturated rings. The van der Waals surface area contributed by atoms with Gasteiger partial charge in [0, 0.05) is 11.4 Å². The van der Waals surface area contributed by atoms with Gasteiger partial charge in [-0.15, -0.1) is 11.8 Å². The third-order valence-electron chi connectivity index (χ3n) is 3.28. The van der Waals surface area contributed by atoms with E-state index in [0.29, 0.717) is 11.4 Å². The van der Waals surface area contributed by atoms with Crippen molar-refractivity contribution in [2.24, 2.45) is 0 Å². The molecule has 0 aromatic heterocycles. The van der Waals surface area contributed by atoms with Crippen molar-refractivity contribution in [3.05, 3.63) is 65.5 Å². The van der Waals surface area contributed by atoms with Gasteiger partial charge < -0.3 is 10.1 Å². The fourth-order valence-corrected chi connectivity index (χ4v) is 2.68. The van der Waals surface area contributed by atoms with Crippen LogP contribution < -0.4 is 5.32 Å². The number of halogens is 1. The molecule has 0 heterocycles. The van der Waals surface area contributed by atoms with Crippen LogP contribution in [0.2, 0.25) is 0 Å². The Morgan fingerprint density at radius 1 is 1.12 bits per heavy atom. The number of ether oxygens (including phenoxy) is 1. The SMILES string of the molecule is Cc1ccccc1CNC(=O)COC(=O)CSc1ccccc1F. The first-order chi connectivity index (χ1) is 11.6. The number of hydrogen-bond donors (Lipinski definition) is 1. The molecule has 1 N–H and O–H groups in total. The molecule has 2 aromatic rings. The van der Waals surface area contributed by atoms with Gasteiger partial charge >= 0.3 is 5.97 Å². The van der Waals surface area contributed by atoms with Gasteiger partial charge in [0.1, 0.15) is 5.82 Å². The zero-order chi connectivity index (χ0) is 17.4. The van der Waals surface area contributed by atoms with E-state index in [-0.39, 0.29) is 24.1 Å². The van der Waals surface area contributed by atoms with Gasteiger partial charge in [0.2, 0.25) is 0 Å². The summed E-state index contributed by atoms with van der Waals surface area (Å²) in [6.45, 7) is 2.00. The first kappa shape index (κ1) is 18.0. The topological polar surface area (TPSA) is 55.4 Å². The van der Waals surface area contributed by atoms with Gasteiger partial charge in [0.15, 0.2) is 6.61 Å². The molecule has 2 aromatic carbocycles. The number of esters is 1. The Kier molecular flexibility index (Phi) is 6.81. The smallest absolute Gasteiger partial charge is 0.316 e. The lowest BCUT2D eigenvalue weighted by Crippen LogP contribution is -2.28. The second-order valence-corrected chi connectivity index (χ2v) is 6.10. The molecule has 4 nitrogen and oxygen atoms in total. The van der Waals surface area contributed by atoms with Crippen molar-refractivity contribution in [2.45, 2.75) is 18.4 Å². The van der Waals surface area contributed by atoms with E-state index in [4.69, 9.17) is 4.74 Å². The van der Waals surface area contributed by atoms with Gasteiger partial charge in [-0.25, -0.2) is 4.39 Å². The summed E-state index contributed by atoms with van der Waals surface area (Å²) >= 11 is 1.04. The maximum absolute atomic E-state index is 13.4. The summed E-state index contributed by atoms with van der Waals surface area (Å²) in [6.07, 6.45) is 0. The summed E-state index contributed by atoms with van der Waals surface area (Å²) in [5.74, 6) is -1.37. The molecule has 0 saturated heterocycles. The quantitative estimate of drug-likeness (QED) is 0.618. The highest BCUT2D eigenvalue weighted by Crippen LogP contribution is 2.20. The number of carbonyl (C=O) groups excluding carboxylic acids is 2. The van der Waals surface area contributed by atoms with Crippen LogP contribution in [-0.2, 0) is 20.9 Å². The molecule has 24 heavy (non-hydrogen) atoms. The van der Waals surface area contributed by atoms with Gasteiger partial charge in [0.05, 0.1) is 5.75 Å². The Bertz CT molecular complexity index is 659. The minimum Gasteiger partial charge on any atom is -0.455 e. The molecule has 0 aliphatic carbocycles. The Labute approximate surface area is 144 Å². The van der Waals surface area contributed by atoms with Gasteiger partial charge in [-0.3, -0.25) is 9.59 Å². The van der Waals surface area contributed by atoms with Crippen molar-refractivity contribution < 1.29 is 18.7 Å². The molecule has 1 amide bonds. The predicted molar refractivity (Wildman–Crippen MR) is 91.1 cm³/mol. The number of amides is 1. The Hall–Kier alpha value is -2.34. The lowest BCUT2D eigenvalue weighted by molar-refractivity contribution is -0.145. The molecule has 0 spiro atoms. The van der Waals surface area contributed by atoms with Crippen LogP contribution in [0.5, 0.6) is 0 Å². The van der Waals surface area contributed by atoms with Crippen LogP contribution in [0.1, 0.15) is 11.1 Å².